The van der Waals surface area contributed by atoms with Gasteiger partial charge >= 0.3 is 6.18 Å². The minimum Gasteiger partial charge on any atom is -0.378 e. The Hall–Kier alpha value is -0.460. The molecular formula is C9H9F3IN. The zero-order chi connectivity index (χ0) is 10.9. The van der Waals surface area contributed by atoms with Gasteiger partial charge in [0.15, 0.2) is 0 Å². The van der Waals surface area contributed by atoms with Gasteiger partial charge in [0, 0.05) is 23.4 Å². The van der Waals surface area contributed by atoms with Gasteiger partial charge in [0.2, 0.25) is 0 Å². The minimum atomic E-state index is -4.27. The van der Waals surface area contributed by atoms with Crippen molar-refractivity contribution in [3.8, 4) is 0 Å². The average molecular weight is 315 g/mol. The molecule has 0 heterocycles. The van der Waals surface area contributed by atoms with Gasteiger partial charge in [-0.1, -0.05) is 0 Å². The van der Waals surface area contributed by atoms with Crippen molar-refractivity contribution in [1.82, 2.24) is 0 Å². The number of hydrogen-bond donors (Lipinski definition) is 0. The van der Waals surface area contributed by atoms with E-state index >= 15 is 0 Å². The van der Waals surface area contributed by atoms with Crippen LogP contribution in [0.5, 0.6) is 0 Å². The molecule has 14 heavy (non-hydrogen) atoms. The van der Waals surface area contributed by atoms with Crippen molar-refractivity contribution in [2.24, 2.45) is 0 Å². The molecule has 1 aromatic rings. The molecule has 0 aliphatic rings. The summed E-state index contributed by atoms with van der Waals surface area (Å²) in [7, 11) is 3.43. The first kappa shape index (κ1) is 11.6. The SMILES string of the molecule is CN(C)c1cc(I)cc(C(F)(F)F)c1. The fourth-order valence-electron chi connectivity index (χ4n) is 0.996. The molecule has 0 radical (unpaired) electrons. The number of hydrogen-bond acceptors (Lipinski definition) is 1. The zero-order valence-electron chi connectivity index (χ0n) is 7.69. The summed E-state index contributed by atoms with van der Waals surface area (Å²) >= 11 is 1.88. The molecule has 0 aliphatic carbocycles. The minimum absolute atomic E-state index is 0.559. The van der Waals surface area contributed by atoms with Gasteiger partial charge in [-0.3, -0.25) is 0 Å². The second kappa shape index (κ2) is 3.96. The van der Waals surface area contributed by atoms with Crippen LogP contribution in [0.3, 0.4) is 0 Å². The Morgan fingerprint density at radius 2 is 1.71 bits per heavy atom. The van der Waals surface area contributed by atoms with Gasteiger partial charge in [-0.2, -0.15) is 13.2 Å². The molecule has 0 saturated heterocycles. The summed E-state index contributed by atoms with van der Waals surface area (Å²) in [4.78, 5) is 1.65. The molecule has 0 fully saturated rings. The Morgan fingerprint density at radius 3 is 2.14 bits per heavy atom. The lowest BCUT2D eigenvalue weighted by Gasteiger charge is -2.15. The zero-order valence-corrected chi connectivity index (χ0v) is 9.85. The lowest BCUT2D eigenvalue weighted by atomic mass is 10.2. The summed E-state index contributed by atoms with van der Waals surface area (Å²) in [6, 6.07) is 3.98. The van der Waals surface area contributed by atoms with E-state index in [-0.39, 0.29) is 0 Å². The number of rotatable bonds is 1. The van der Waals surface area contributed by atoms with Gasteiger partial charge in [-0.05, 0) is 40.8 Å². The van der Waals surface area contributed by atoms with Crippen molar-refractivity contribution in [2.75, 3.05) is 19.0 Å². The summed E-state index contributed by atoms with van der Waals surface area (Å²) in [5.41, 5.74) is -0.0441. The predicted molar refractivity (Wildman–Crippen MR) is 58.5 cm³/mol. The summed E-state index contributed by atoms with van der Waals surface area (Å²) in [6.45, 7) is 0. The van der Waals surface area contributed by atoms with Crippen LogP contribution in [0.15, 0.2) is 18.2 Å². The quantitative estimate of drug-likeness (QED) is 0.718. The van der Waals surface area contributed by atoms with Gasteiger partial charge in [-0.25, -0.2) is 0 Å². The lowest BCUT2D eigenvalue weighted by Crippen LogP contribution is -2.12. The van der Waals surface area contributed by atoms with Crippen molar-refractivity contribution in [1.29, 1.82) is 0 Å². The van der Waals surface area contributed by atoms with Gasteiger partial charge in [0.25, 0.3) is 0 Å². The summed E-state index contributed by atoms with van der Waals surface area (Å²) < 4.78 is 37.8. The molecule has 78 valence electrons. The Kier molecular flexibility index (Phi) is 3.28. The van der Waals surface area contributed by atoms with E-state index in [1.807, 2.05) is 22.6 Å². The van der Waals surface area contributed by atoms with Crippen LogP contribution >= 0.6 is 22.6 Å². The van der Waals surface area contributed by atoms with Crippen molar-refractivity contribution in [3.63, 3.8) is 0 Å². The molecule has 0 spiro atoms. The van der Waals surface area contributed by atoms with E-state index in [1.54, 1.807) is 25.1 Å². The number of halogens is 4. The van der Waals surface area contributed by atoms with E-state index in [1.165, 1.54) is 0 Å². The highest BCUT2D eigenvalue weighted by Gasteiger charge is 2.31. The van der Waals surface area contributed by atoms with Crippen LogP contribution in [0.25, 0.3) is 0 Å². The van der Waals surface area contributed by atoms with E-state index in [0.717, 1.165) is 12.1 Å². The second-order valence-corrected chi connectivity index (χ2v) is 4.34. The third-order valence-corrected chi connectivity index (χ3v) is 2.35. The molecule has 1 rings (SSSR count). The van der Waals surface area contributed by atoms with Gasteiger partial charge in [0.05, 0.1) is 5.56 Å². The van der Waals surface area contributed by atoms with E-state index in [9.17, 15) is 13.2 Å². The van der Waals surface area contributed by atoms with Crippen LogP contribution in [0.4, 0.5) is 18.9 Å². The number of nitrogens with zero attached hydrogens (tertiary/aromatic N) is 1. The van der Waals surface area contributed by atoms with Crippen LogP contribution in [-0.2, 0) is 6.18 Å². The first-order valence-electron chi connectivity index (χ1n) is 3.86. The van der Waals surface area contributed by atoms with E-state index in [2.05, 4.69) is 0 Å². The van der Waals surface area contributed by atoms with Crippen molar-refractivity contribution in [3.05, 3.63) is 27.3 Å². The van der Waals surface area contributed by atoms with Crippen LogP contribution in [-0.4, -0.2) is 14.1 Å². The Bertz CT molecular complexity index is 333. The summed E-state index contributed by atoms with van der Waals surface area (Å²) in [5.74, 6) is 0. The van der Waals surface area contributed by atoms with Gasteiger partial charge < -0.3 is 4.90 Å². The highest BCUT2D eigenvalue weighted by molar-refractivity contribution is 14.1. The maximum atomic E-state index is 12.4. The highest BCUT2D eigenvalue weighted by Crippen LogP contribution is 2.32. The highest BCUT2D eigenvalue weighted by atomic mass is 127. The van der Waals surface area contributed by atoms with Gasteiger partial charge in [0.1, 0.15) is 0 Å². The van der Waals surface area contributed by atoms with Crippen LogP contribution in [0, 0.1) is 3.57 Å². The largest absolute Gasteiger partial charge is 0.416 e. The smallest absolute Gasteiger partial charge is 0.378 e. The predicted octanol–water partition coefficient (Wildman–Crippen LogP) is 3.38. The van der Waals surface area contributed by atoms with Crippen molar-refractivity contribution < 1.29 is 13.2 Å². The van der Waals surface area contributed by atoms with Gasteiger partial charge in [-0.15, -0.1) is 0 Å². The molecule has 0 aromatic heterocycles. The van der Waals surface area contributed by atoms with Crippen LogP contribution < -0.4 is 4.90 Å². The molecular weight excluding hydrogens is 306 g/mol. The second-order valence-electron chi connectivity index (χ2n) is 3.09. The molecule has 5 heteroatoms. The number of benzene rings is 1. The Morgan fingerprint density at radius 1 is 1.14 bits per heavy atom. The standard InChI is InChI=1S/C9H9F3IN/c1-14(2)8-4-6(9(10,11)12)3-7(13)5-8/h3-5H,1-2H3. The third kappa shape index (κ3) is 2.76. The lowest BCUT2D eigenvalue weighted by molar-refractivity contribution is -0.137. The summed E-state index contributed by atoms with van der Waals surface area (Å²) in [5, 5.41) is 0. The molecule has 0 N–H and O–H groups in total. The fourth-order valence-corrected chi connectivity index (χ4v) is 1.65. The monoisotopic (exact) mass is 315 g/mol. The van der Waals surface area contributed by atoms with E-state index in [4.69, 9.17) is 0 Å². The van der Waals surface area contributed by atoms with Crippen molar-refractivity contribution in [2.45, 2.75) is 6.18 Å². The average Bonchev–Trinajstić information content (AvgIpc) is 2.01. The molecule has 0 saturated carbocycles. The van der Waals surface area contributed by atoms with Crippen LogP contribution in [0.1, 0.15) is 5.56 Å². The topological polar surface area (TPSA) is 3.24 Å². The molecule has 0 atom stereocenters. The van der Waals surface area contributed by atoms with E-state index < -0.39 is 11.7 Å². The molecule has 0 aliphatic heterocycles. The van der Waals surface area contributed by atoms with E-state index in [0.29, 0.717) is 9.26 Å². The maximum Gasteiger partial charge on any atom is 0.416 e. The Labute approximate surface area is 94.0 Å². The first-order chi connectivity index (χ1) is 6.30. The Balaban J connectivity index is 3.21. The molecule has 1 aromatic carbocycles. The number of alkyl halides is 3. The fraction of sp³-hybridized carbons (Fsp3) is 0.333. The molecule has 0 amide bonds. The molecule has 1 nitrogen and oxygen atoms in total. The third-order valence-electron chi connectivity index (χ3n) is 1.73. The number of anilines is 1. The molecule has 0 unspecified atom stereocenters. The van der Waals surface area contributed by atoms with Crippen LogP contribution in [0.2, 0.25) is 0 Å². The van der Waals surface area contributed by atoms with Crippen molar-refractivity contribution >= 4 is 28.3 Å². The molecule has 0 bridgehead atoms. The first-order valence-corrected chi connectivity index (χ1v) is 4.93. The summed E-state index contributed by atoms with van der Waals surface area (Å²) in [6.07, 6.45) is -4.27. The normalized spacial score (nSPS) is 11.6. The maximum absolute atomic E-state index is 12.4.